The van der Waals surface area contributed by atoms with E-state index in [1.54, 1.807) is 0 Å². The van der Waals surface area contributed by atoms with E-state index in [2.05, 4.69) is 141 Å². The van der Waals surface area contributed by atoms with Crippen molar-refractivity contribution in [2.45, 2.75) is 5.51 Å². The van der Waals surface area contributed by atoms with Gasteiger partial charge in [0.1, 0.15) is 0 Å². The average molecular weight is 709 g/mol. The molecular weight excluding hydrogens is 683 g/mol. The first-order chi connectivity index (χ1) is 20.1. The molecule has 0 fully saturated rings. The number of hydrogen-bond acceptors (Lipinski definition) is 3. The summed E-state index contributed by atoms with van der Waals surface area (Å²) in [5, 5.41) is 12.2. The fourth-order valence-electron chi connectivity index (χ4n) is 4.60. The predicted molar refractivity (Wildman–Crippen MR) is 169 cm³/mol. The minimum Gasteiger partial charge on any atom is -0.741 e. The molecule has 0 N–H and O–H groups in total. The molecular formula is C34H26F3O3PPdS. The Kier molecular flexibility index (Phi) is 11.7. The summed E-state index contributed by atoms with van der Waals surface area (Å²) in [6, 6.07) is 46.6. The molecule has 0 spiro atoms. The molecule has 0 radical (unpaired) electrons. The van der Waals surface area contributed by atoms with Gasteiger partial charge in [0.15, 0.2) is 10.1 Å². The van der Waals surface area contributed by atoms with E-state index in [1.165, 1.54) is 54.3 Å². The van der Waals surface area contributed by atoms with Gasteiger partial charge in [-0.25, -0.2) is 28.0 Å². The van der Waals surface area contributed by atoms with Crippen molar-refractivity contribution in [2.24, 2.45) is 0 Å². The number of rotatable bonds is 3. The first kappa shape index (κ1) is 34.0. The van der Waals surface area contributed by atoms with Gasteiger partial charge in [-0.05, 0) is 56.2 Å². The molecule has 6 aromatic rings. The van der Waals surface area contributed by atoms with Crippen LogP contribution < -0.4 is 15.9 Å². The van der Waals surface area contributed by atoms with Crippen LogP contribution in [0.1, 0.15) is 0 Å². The zero-order valence-electron chi connectivity index (χ0n) is 22.6. The molecule has 6 aromatic carbocycles. The predicted octanol–water partition coefficient (Wildman–Crippen LogP) is 7.96. The van der Waals surface area contributed by atoms with Gasteiger partial charge in [-0.3, -0.25) is 0 Å². The van der Waals surface area contributed by atoms with Crippen molar-refractivity contribution in [3.8, 4) is 0 Å². The smallest absolute Gasteiger partial charge is 0.741 e. The van der Waals surface area contributed by atoms with E-state index in [0.29, 0.717) is 0 Å². The third-order valence-corrected chi connectivity index (χ3v) is 9.49. The van der Waals surface area contributed by atoms with Gasteiger partial charge in [-0.1, -0.05) is 127 Å². The summed E-state index contributed by atoms with van der Waals surface area (Å²) in [5.74, 6) is 0. The topological polar surface area (TPSA) is 57.2 Å². The Hall–Kier alpha value is -3.50. The molecule has 0 aliphatic heterocycles. The average Bonchev–Trinajstić information content (AvgIpc) is 2.97. The number of benzene rings is 6. The Labute approximate surface area is 264 Å². The van der Waals surface area contributed by atoms with Crippen molar-refractivity contribution in [1.82, 2.24) is 0 Å². The molecule has 0 aliphatic rings. The summed E-state index contributed by atoms with van der Waals surface area (Å²) in [6.45, 7) is 6.50. The van der Waals surface area contributed by atoms with Crippen LogP contribution in [-0.4, -0.2) is 18.5 Å². The number of alkyl halides is 3. The molecule has 0 atom stereocenters. The van der Waals surface area contributed by atoms with Crippen LogP contribution in [0.15, 0.2) is 140 Å². The number of halogens is 3. The summed E-state index contributed by atoms with van der Waals surface area (Å²) < 4.78 is 58.9. The molecule has 0 saturated heterocycles. The van der Waals surface area contributed by atoms with Gasteiger partial charge in [0.05, 0.1) is 0 Å². The van der Waals surface area contributed by atoms with Crippen LogP contribution in [0, 0.1) is 6.92 Å². The van der Waals surface area contributed by atoms with Crippen molar-refractivity contribution in [2.75, 3.05) is 0 Å². The fraction of sp³-hybridized carbons (Fsp3) is 0.0294. The maximum absolute atomic E-state index is 10.7. The molecule has 43 heavy (non-hydrogen) atoms. The Morgan fingerprint density at radius 1 is 0.605 bits per heavy atom. The first-order valence-corrected chi connectivity index (χ1v) is 15.5. The molecule has 6 rings (SSSR count). The maximum atomic E-state index is 10.7. The quantitative estimate of drug-likeness (QED) is 0.0617. The number of hydrogen-bond donors (Lipinski definition) is 0. The molecule has 0 bridgehead atoms. The second-order valence-corrected chi connectivity index (χ2v) is 12.5. The largest absolute Gasteiger partial charge is 2.00 e. The number of allylic oxidation sites excluding steroid dienone is 1. The molecule has 0 aliphatic carbocycles. The van der Waals surface area contributed by atoms with E-state index in [1.807, 2.05) is 0 Å². The standard InChI is InChI=1S/C30H21P.C3H5.CHF3O3S.Pd/c1-4-16-25-22(10-1)13-7-19-28(25)31(29-20-8-14-23-11-2-5-17-26(23)29)30-21-9-15-24-12-3-6-18-27(24)30;1-3-2;2-1(3,4)8(5,6)7;/h1-21H;3H,1-2H2;(H,5,6,7);/q;-1;;+2/p-1. The van der Waals surface area contributed by atoms with Gasteiger partial charge in [0.25, 0.3) is 0 Å². The molecule has 0 unspecified atom stereocenters. The van der Waals surface area contributed by atoms with Crippen LogP contribution in [0.3, 0.4) is 0 Å². The summed E-state index contributed by atoms with van der Waals surface area (Å²) >= 11 is 0. The molecule has 0 aromatic heterocycles. The Bertz CT molecular complexity index is 1760. The molecule has 222 valence electrons. The molecule has 3 nitrogen and oxygen atoms in total. The van der Waals surface area contributed by atoms with Crippen molar-refractivity contribution in [1.29, 1.82) is 0 Å². The van der Waals surface area contributed by atoms with Crippen molar-refractivity contribution in [3.05, 3.63) is 147 Å². The Morgan fingerprint density at radius 2 is 0.837 bits per heavy atom. The zero-order valence-corrected chi connectivity index (χ0v) is 25.9. The third kappa shape index (κ3) is 7.92. The normalized spacial score (nSPS) is 11.2. The van der Waals surface area contributed by atoms with Crippen LogP contribution in [0.5, 0.6) is 0 Å². The second-order valence-electron chi connectivity index (χ2n) is 9.02. The Balaban J connectivity index is 0.000000366. The second kappa shape index (κ2) is 14.8. The van der Waals surface area contributed by atoms with Gasteiger partial charge in [-0.2, -0.15) is 13.2 Å². The van der Waals surface area contributed by atoms with Gasteiger partial charge >= 0.3 is 25.9 Å². The van der Waals surface area contributed by atoms with Gasteiger partial charge in [0, 0.05) is 0 Å². The van der Waals surface area contributed by atoms with Crippen molar-refractivity contribution >= 4 is 66.3 Å². The molecule has 9 heteroatoms. The van der Waals surface area contributed by atoms with Crippen molar-refractivity contribution in [3.63, 3.8) is 0 Å². The van der Waals surface area contributed by atoms with Crippen LogP contribution in [0.25, 0.3) is 32.3 Å². The minimum atomic E-state index is -6.09. The monoisotopic (exact) mass is 708 g/mol. The molecule has 0 saturated carbocycles. The maximum Gasteiger partial charge on any atom is 2.00 e. The van der Waals surface area contributed by atoms with E-state index >= 15 is 0 Å². The van der Waals surface area contributed by atoms with Crippen LogP contribution in [0.4, 0.5) is 13.2 Å². The minimum absolute atomic E-state index is 0. The fourth-order valence-corrected chi connectivity index (χ4v) is 7.42. The van der Waals surface area contributed by atoms with Gasteiger partial charge in [0.2, 0.25) is 0 Å². The van der Waals surface area contributed by atoms with Crippen LogP contribution in [-0.2, 0) is 30.5 Å². The summed E-state index contributed by atoms with van der Waals surface area (Å²) in [5.41, 5.74) is -5.65. The Morgan fingerprint density at radius 3 is 1.09 bits per heavy atom. The van der Waals surface area contributed by atoms with E-state index in [4.69, 9.17) is 13.0 Å². The summed E-state index contributed by atoms with van der Waals surface area (Å²) in [7, 11) is -6.84. The summed E-state index contributed by atoms with van der Waals surface area (Å²) in [4.78, 5) is 0. The van der Waals surface area contributed by atoms with E-state index in [9.17, 15) is 13.2 Å². The van der Waals surface area contributed by atoms with Gasteiger partial charge < -0.3 is 4.55 Å². The van der Waals surface area contributed by atoms with E-state index in [-0.39, 0.29) is 20.4 Å². The van der Waals surface area contributed by atoms with Gasteiger partial charge in [-0.15, -0.1) is 0 Å². The zero-order chi connectivity index (χ0) is 30.3. The van der Waals surface area contributed by atoms with E-state index in [0.717, 1.165) is 0 Å². The van der Waals surface area contributed by atoms with Crippen LogP contribution in [0.2, 0.25) is 0 Å². The SMILES string of the molecule is C=C[CH2-].O=S(=O)([O-])C(F)(F)F.[Pd+2].c1ccc2c(P(c3cccc4ccccc34)c3cccc4ccccc34)cccc2c1. The van der Waals surface area contributed by atoms with E-state index < -0.39 is 23.5 Å². The first-order valence-electron chi connectivity index (χ1n) is 12.7. The van der Waals surface area contributed by atoms with Crippen molar-refractivity contribution < 1.29 is 46.6 Å². The summed E-state index contributed by atoms with van der Waals surface area (Å²) in [6.07, 6.45) is 1.50. The molecule has 0 amide bonds. The third-order valence-electron chi connectivity index (χ3n) is 6.31. The van der Waals surface area contributed by atoms with Crippen LogP contribution >= 0.6 is 7.92 Å². The number of fused-ring (bicyclic) bond motifs is 3. The molecule has 0 heterocycles.